The Morgan fingerprint density at radius 1 is 0.649 bits per heavy atom. The van der Waals surface area contributed by atoms with Crippen molar-refractivity contribution in [3.63, 3.8) is 0 Å². The molecule has 9 N–H and O–H groups in total. The number of fused-ring (bicyclic) bond motifs is 1. The number of carbonyl (C=O) groups excluding carboxylic acids is 11. The van der Waals surface area contributed by atoms with Gasteiger partial charge < -0.3 is 109 Å². The molecule has 77 heavy (non-hydrogen) atoms. The highest BCUT2D eigenvalue weighted by atomic mass is 16.8. The lowest BCUT2D eigenvalue weighted by Gasteiger charge is -2.47. The zero-order valence-electron chi connectivity index (χ0n) is 43.5. The van der Waals surface area contributed by atoms with Crippen LogP contribution in [-0.4, -0.2) is 215 Å². The largest absolute Gasteiger partial charge is 0.465 e. The first-order chi connectivity index (χ1) is 36.1. The summed E-state index contributed by atoms with van der Waals surface area (Å²) in [6.07, 6.45) is -24.2. The Bertz CT molecular complexity index is 2100. The van der Waals surface area contributed by atoms with Crippen molar-refractivity contribution in [2.45, 2.75) is 125 Å². The molecule has 0 aromatic rings. The van der Waals surface area contributed by atoms with Crippen LogP contribution in [0.25, 0.3) is 0 Å². The maximum atomic E-state index is 14.2. The van der Waals surface area contributed by atoms with Crippen molar-refractivity contribution >= 4 is 66.2 Å². The average Bonchev–Trinajstić information content (AvgIpc) is 3.74. The monoisotopic (exact) mass is 1120 g/mol. The molecular weight excluding hydrogens is 1050 g/mol. The van der Waals surface area contributed by atoms with Gasteiger partial charge in [-0.25, -0.2) is 38.4 Å². The number of methoxy groups -OCH3 is 7. The zero-order chi connectivity index (χ0) is 58.5. The zero-order valence-corrected chi connectivity index (χ0v) is 43.5. The van der Waals surface area contributed by atoms with Crippen molar-refractivity contribution in [3.8, 4) is 0 Å². The van der Waals surface area contributed by atoms with Crippen LogP contribution in [0.2, 0.25) is 0 Å². The van der Waals surface area contributed by atoms with Crippen LogP contribution in [0.5, 0.6) is 0 Å². The van der Waals surface area contributed by atoms with Crippen LogP contribution in [0.1, 0.15) is 52.9 Å². The number of nitrogens with one attached hydrogen (secondary N) is 1. The fourth-order valence-corrected chi connectivity index (χ4v) is 7.58. The number of esters is 7. The number of carbonyl (C=O) groups is 11. The van der Waals surface area contributed by atoms with Crippen molar-refractivity contribution in [2.24, 2.45) is 22.9 Å². The van der Waals surface area contributed by atoms with E-state index in [1.54, 1.807) is 0 Å². The van der Waals surface area contributed by atoms with Crippen LogP contribution >= 0.6 is 0 Å². The molecule has 2 aliphatic rings. The molecule has 5 unspecified atom stereocenters. The molecule has 0 aromatic carbocycles. The van der Waals surface area contributed by atoms with E-state index in [1.807, 2.05) is 0 Å². The van der Waals surface area contributed by atoms with Crippen LogP contribution in [0.3, 0.4) is 0 Å². The van der Waals surface area contributed by atoms with Crippen LogP contribution in [0.15, 0.2) is 0 Å². The van der Waals surface area contributed by atoms with Gasteiger partial charge in [0.1, 0.15) is 24.9 Å². The Morgan fingerprint density at radius 2 is 1.17 bits per heavy atom. The van der Waals surface area contributed by atoms with Crippen molar-refractivity contribution in [1.82, 2.24) is 5.32 Å². The first kappa shape index (κ1) is 66.1. The number of alkyl carbamates (subject to hydrolysis) is 1. The van der Waals surface area contributed by atoms with Gasteiger partial charge in [0.15, 0.2) is 12.2 Å². The Morgan fingerprint density at radius 3 is 1.65 bits per heavy atom. The van der Waals surface area contributed by atoms with E-state index < -0.39 is 177 Å². The number of hydrogen-bond donors (Lipinski definition) is 5. The molecule has 0 radical (unpaired) electrons. The van der Waals surface area contributed by atoms with Crippen molar-refractivity contribution in [2.75, 3.05) is 76.1 Å². The molecule has 35 nitrogen and oxygen atoms in total. The van der Waals surface area contributed by atoms with Crippen molar-refractivity contribution in [3.05, 3.63) is 0 Å². The quantitative estimate of drug-likeness (QED) is 0.0189. The van der Waals surface area contributed by atoms with E-state index in [1.165, 1.54) is 0 Å². The van der Waals surface area contributed by atoms with Crippen LogP contribution < -0.4 is 28.3 Å². The van der Waals surface area contributed by atoms with E-state index in [0.717, 1.165) is 70.5 Å². The summed E-state index contributed by atoms with van der Waals surface area (Å²) in [7, 11) is 6.15. The van der Waals surface area contributed by atoms with E-state index in [4.69, 9.17) is 113 Å². The van der Waals surface area contributed by atoms with E-state index in [0.29, 0.717) is 0 Å². The Hall–Kier alpha value is -6.99. The lowest BCUT2D eigenvalue weighted by atomic mass is 9.88. The molecule has 0 saturated carbocycles. The molecule has 2 aliphatic heterocycles. The predicted molar refractivity (Wildman–Crippen MR) is 239 cm³/mol. The van der Waals surface area contributed by atoms with E-state index >= 15 is 0 Å². The smallest absolute Gasteiger partial charge is 0.407 e. The van der Waals surface area contributed by atoms with Gasteiger partial charge in [-0.05, 0) is 13.0 Å². The summed E-state index contributed by atoms with van der Waals surface area (Å²) in [6.45, 7) is 0.693. The molecule has 438 valence electrons. The molecule has 4 amide bonds. The third-order valence-electron chi connectivity index (χ3n) is 10.8. The average molecular weight is 1120 g/mol. The molecule has 2 fully saturated rings. The standard InChI is InChI=1S/C42H65N5O30/c1-20(48)66-18-23(71-35(44)55)14-39(63-8,31(51)59-4)68-19-25(69-21(2)49)29(70-22(3)50)30-28-24(72-38(58)47-28)15-42(77-30,34(54)62-7)76-27(74-37(46)57)17-41(65-10,33(53)61-6)75-26(73-36(45)56)16-40(64-9,32(52)60-5)67-13-11-12-43/h23-30H,11-19,43H2,1-10H3,(H2,44,55)(H2,45,56)(H2,46,57)(H,47,58)/t23?,24?,25-,26?,27?,28-,29-,30?,39+,40+,41+,42-/m1/s1. The van der Waals surface area contributed by atoms with Gasteiger partial charge in [0.25, 0.3) is 23.1 Å². The van der Waals surface area contributed by atoms with Gasteiger partial charge in [-0.2, -0.15) is 0 Å². The van der Waals surface area contributed by atoms with E-state index in [2.05, 4.69) is 5.32 Å². The molecule has 0 bridgehead atoms. The second kappa shape index (κ2) is 30.1. The third-order valence-corrected chi connectivity index (χ3v) is 10.8. The highest BCUT2D eigenvalue weighted by Crippen LogP contribution is 2.41. The maximum absolute atomic E-state index is 14.2. The molecular formula is C42H65N5O30. The summed E-state index contributed by atoms with van der Waals surface area (Å²) in [5, 5.41) is 2.40. The number of hydrogen-bond acceptors (Lipinski definition) is 31. The van der Waals surface area contributed by atoms with Gasteiger partial charge in [-0.15, -0.1) is 0 Å². The minimum Gasteiger partial charge on any atom is -0.465 e. The van der Waals surface area contributed by atoms with Gasteiger partial charge in [-0.3, -0.25) is 23.9 Å². The van der Waals surface area contributed by atoms with Gasteiger partial charge >= 0.3 is 66.2 Å². The first-order valence-corrected chi connectivity index (χ1v) is 22.5. The minimum absolute atomic E-state index is 0.0588. The first-order valence-electron chi connectivity index (χ1n) is 22.5. The summed E-state index contributed by atoms with van der Waals surface area (Å²) in [5.41, 5.74) is 21.6. The van der Waals surface area contributed by atoms with Crippen LogP contribution in [0.4, 0.5) is 19.2 Å². The summed E-state index contributed by atoms with van der Waals surface area (Å²) >= 11 is 0. The summed E-state index contributed by atoms with van der Waals surface area (Å²) < 4.78 is 102. The molecule has 12 atom stereocenters. The summed E-state index contributed by atoms with van der Waals surface area (Å²) in [6, 6.07) is -1.54. The summed E-state index contributed by atoms with van der Waals surface area (Å²) in [5.74, 6) is -20.3. The normalized spacial score (nSPS) is 22.0. The number of primary amides is 3. The summed E-state index contributed by atoms with van der Waals surface area (Å²) in [4.78, 5) is 142. The van der Waals surface area contributed by atoms with Gasteiger partial charge in [0.2, 0.25) is 12.6 Å². The highest BCUT2D eigenvalue weighted by Gasteiger charge is 2.63. The fraction of sp³-hybridized carbons (Fsp3) is 0.738. The molecule has 35 heteroatoms. The maximum Gasteiger partial charge on any atom is 0.407 e. The van der Waals surface area contributed by atoms with Crippen LogP contribution in [0, 0.1) is 0 Å². The molecule has 0 spiro atoms. The Kier molecular flexibility index (Phi) is 25.8. The number of rotatable bonds is 33. The van der Waals surface area contributed by atoms with Crippen LogP contribution in [-0.2, 0) is 124 Å². The van der Waals surface area contributed by atoms with E-state index in [9.17, 15) is 52.7 Å². The van der Waals surface area contributed by atoms with Gasteiger partial charge in [0, 0.05) is 42.1 Å². The molecule has 2 heterocycles. The van der Waals surface area contributed by atoms with Crippen molar-refractivity contribution in [1.29, 1.82) is 0 Å². The number of nitrogens with two attached hydrogens (primary N) is 4. The lowest BCUT2D eigenvalue weighted by molar-refractivity contribution is -0.361. The number of ether oxygens (including phenoxy) is 19. The third kappa shape index (κ3) is 18.3. The van der Waals surface area contributed by atoms with Crippen molar-refractivity contribution < 1.29 is 143 Å². The molecule has 2 saturated heterocycles. The predicted octanol–water partition coefficient (Wildman–Crippen LogP) is -3.01. The molecule has 2 rings (SSSR count). The van der Waals surface area contributed by atoms with Gasteiger partial charge in [0.05, 0.1) is 73.4 Å². The van der Waals surface area contributed by atoms with E-state index in [-0.39, 0.29) is 19.6 Å². The Labute approximate surface area is 438 Å². The fourth-order valence-electron chi connectivity index (χ4n) is 7.58. The SMILES string of the molecule is COC(=O)[C@@](CC(COC(C)=O)OC(N)=O)(OC)OC[C@@H](OC(C)=O)[C@@H](OC(C)=O)C1O[C@@](OC(C[C@](OC)(OC(C[C@](OC)(OCCCN)C(=O)OC)OC(N)=O)C(=O)OC)OC(N)=O)(C(=O)OC)CC2OC(=O)N[C@H]21. The second-order valence-corrected chi connectivity index (χ2v) is 16.0. The Balaban J connectivity index is 2.93. The minimum atomic E-state index is -3.11. The highest BCUT2D eigenvalue weighted by molar-refractivity contribution is 5.81. The second-order valence-electron chi connectivity index (χ2n) is 16.0. The molecule has 0 aliphatic carbocycles. The number of amides is 4. The molecule has 0 aromatic heterocycles. The van der Waals surface area contributed by atoms with Gasteiger partial charge in [-0.1, -0.05) is 0 Å². The topological polar surface area (TPSA) is 479 Å². The lowest BCUT2D eigenvalue weighted by Crippen LogP contribution is -2.67.